The Morgan fingerprint density at radius 2 is 2.00 bits per heavy atom. The first-order chi connectivity index (χ1) is 8.68. The normalized spacial score (nSPS) is 10.3. The predicted octanol–water partition coefficient (Wildman–Crippen LogP) is 3.73. The summed E-state index contributed by atoms with van der Waals surface area (Å²) in [5, 5.41) is 9.32. The van der Waals surface area contributed by atoms with Crippen molar-refractivity contribution in [2.75, 3.05) is 0 Å². The Bertz CT molecular complexity index is 560. The van der Waals surface area contributed by atoms with Crippen molar-refractivity contribution in [1.82, 2.24) is 4.98 Å². The second-order valence-corrected chi connectivity index (χ2v) is 4.90. The van der Waals surface area contributed by atoms with Crippen LogP contribution in [0.25, 0.3) is 0 Å². The van der Waals surface area contributed by atoms with Gasteiger partial charge in [0.25, 0.3) is 0 Å². The second-order valence-electron chi connectivity index (χ2n) is 3.56. The molecule has 2 rings (SSSR count). The van der Waals surface area contributed by atoms with E-state index in [1.54, 1.807) is 0 Å². The molecule has 0 aliphatic carbocycles. The Labute approximate surface area is 114 Å². The van der Waals surface area contributed by atoms with E-state index in [9.17, 15) is 4.79 Å². The number of benzene rings is 1. The Hall–Kier alpha value is -1.52. The molecule has 0 saturated heterocycles. The first-order valence-electron chi connectivity index (χ1n) is 5.23. The third kappa shape index (κ3) is 3.03. The molecule has 0 bridgehead atoms. The molecule has 0 unspecified atom stereocenters. The van der Waals surface area contributed by atoms with Crippen molar-refractivity contribution in [3.8, 4) is 0 Å². The minimum Gasteiger partial charge on any atom is -0.478 e. The van der Waals surface area contributed by atoms with E-state index in [0.29, 0.717) is 10.6 Å². The first-order valence-corrected chi connectivity index (χ1v) is 6.59. The molecule has 0 amide bonds. The Kier molecular flexibility index (Phi) is 4.23. The van der Waals surface area contributed by atoms with Gasteiger partial charge < -0.3 is 5.11 Å². The maximum Gasteiger partial charge on any atom is 0.337 e. The molecule has 18 heavy (non-hydrogen) atoms. The number of carboxylic acid groups (broad SMARTS) is 1. The second kappa shape index (κ2) is 5.89. The van der Waals surface area contributed by atoms with E-state index in [-0.39, 0.29) is 10.7 Å². The summed E-state index contributed by atoms with van der Waals surface area (Å²) in [7, 11) is 0. The largest absolute Gasteiger partial charge is 0.478 e. The van der Waals surface area contributed by atoms with Gasteiger partial charge in [0, 0.05) is 11.9 Å². The molecule has 0 fully saturated rings. The molecule has 3 nitrogen and oxygen atoms in total. The number of rotatable bonds is 4. The van der Waals surface area contributed by atoms with Gasteiger partial charge in [-0.3, -0.25) is 0 Å². The van der Waals surface area contributed by atoms with Gasteiger partial charge in [0.15, 0.2) is 0 Å². The summed E-state index contributed by atoms with van der Waals surface area (Å²) in [5.41, 5.74) is 1.30. The fourth-order valence-electron chi connectivity index (χ4n) is 1.46. The maximum absolute atomic E-state index is 11.1. The molecule has 1 aromatic carbocycles. The summed E-state index contributed by atoms with van der Waals surface area (Å²) in [6.45, 7) is 0. The average molecular weight is 280 g/mol. The molecule has 92 valence electrons. The molecular formula is C13H10ClNO2S. The van der Waals surface area contributed by atoms with Crippen molar-refractivity contribution >= 4 is 29.3 Å². The van der Waals surface area contributed by atoms with Crippen LogP contribution in [-0.2, 0) is 5.75 Å². The number of aromatic carboxylic acids is 1. The van der Waals surface area contributed by atoms with Crippen molar-refractivity contribution in [2.24, 2.45) is 0 Å². The lowest BCUT2D eigenvalue weighted by molar-refractivity contribution is 0.0693. The zero-order chi connectivity index (χ0) is 13.0. The lowest BCUT2D eigenvalue weighted by atomic mass is 10.2. The van der Waals surface area contributed by atoms with Crippen LogP contribution < -0.4 is 0 Å². The lowest BCUT2D eigenvalue weighted by Crippen LogP contribution is -2.00. The van der Waals surface area contributed by atoms with Crippen molar-refractivity contribution in [2.45, 2.75) is 10.6 Å². The molecule has 5 heteroatoms. The van der Waals surface area contributed by atoms with Gasteiger partial charge in [-0.05, 0) is 11.6 Å². The van der Waals surface area contributed by atoms with Gasteiger partial charge in [0.1, 0.15) is 5.15 Å². The maximum atomic E-state index is 11.1. The molecular weight excluding hydrogens is 270 g/mol. The van der Waals surface area contributed by atoms with Gasteiger partial charge >= 0.3 is 5.97 Å². The van der Waals surface area contributed by atoms with E-state index in [2.05, 4.69) is 4.98 Å². The molecule has 0 aliphatic heterocycles. The topological polar surface area (TPSA) is 50.2 Å². The van der Waals surface area contributed by atoms with Crippen molar-refractivity contribution in [3.05, 3.63) is 58.9 Å². The van der Waals surface area contributed by atoms with Crippen LogP contribution in [0.3, 0.4) is 0 Å². The summed E-state index contributed by atoms with van der Waals surface area (Å²) < 4.78 is 0. The molecule has 1 aromatic heterocycles. The van der Waals surface area contributed by atoms with Crippen LogP contribution in [0.4, 0.5) is 0 Å². The smallest absolute Gasteiger partial charge is 0.337 e. The fourth-order valence-corrected chi connectivity index (χ4v) is 2.77. The average Bonchev–Trinajstić information content (AvgIpc) is 2.38. The summed E-state index contributed by atoms with van der Waals surface area (Å²) in [4.78, 5) is 15.5. The van der Waals surface area contributed by atoms with Gasteiger partial charge in [-0.1, -0.05) is 41.9 Å². The number of pyridine rings is 1. The molecule has 0 saturated carbocycles. The zero-order valence-corrected chi connectivity index (χ0v) is 10.9. The Morgan fingerprint density at radius 1 is 1.28 bits per heavy atom. The molecule has 0 atom stereocenters. The highest BCUT2D eigenvalue weighted by molar-refractivity contribution is 7.98. The number of aromatic nitrogens is 1. The highest BCUT2D eigenvalue weighted by Crippen LogP contribution is 2.31. The molecule has 1 heterocycles. The van der Waals surface area contributed by atoms with Crippen LogP contribution in [0, 0.1) is 0 Å². The predicted molar refractivity (Wildman–Crippen MR) is 72.2 cm³/mol. The number of carboxylic acids is 1. The molecule has 0 radical (unpaired) electrons. The SMILES string of the molecule is O=C(O)c1ccnc(Cl)c1SCc1ccccc1. The highest BCUT2D eigenvalue weighted by Gasteiger charge is 2.14. The standard InChI is InChI=1S/C13H10ClNO2S/c14-12-11(10(13(16)17)6-7-15-12)18-8-9-4-2-1-3-5-9/h1-7H,8H2,(H,16,17). The number of halogens is 1. The van der Waals surface area contributed by atoms with E-state index in [1.165, 1.54) is 24.0 Å². The van der Waals surface area contributed by atoms with Crippen LogP contribution in [0.5, 0.6) is 0 Å². The summed E-state index contributed by atoms with van der Waals surface area (Å²) in [6, 6.07) is 11.3. The Morgan fingerprint density at radius 3 is 2.67 bits per heavy atom. The number of thioether (sulfide) groups is 1. The molecule has 2 aromatic rings. The molecule has 0 spiro atoms. The van der Waals surface area contributed by atoms with Gasteiger partial charge in [0.2, 0.25) is 0 Å². The quantitative estimate of drug-likeness (QED) is 0.684. The number of hydrogen-bond acceptors (Lipinski definition) is 3. The van der Waals surface area contributed by atoms with Gasteiger partial charge in [-0.15, -0.1) is 11.8 Å². The monoisotopic (exact) mass is 279 g/mol. The molecule has 1 N–H and O–H groups in total. The van der Waals surface area contributed by atoms with Crippen LogP contribution >= 0.6 is 23.4 Å². The number of nitrogens with zero attached hydrogens (tertiary/aromatic N) is 1. The van der Waals surface area contributed by atoms with Gasteiger partial charge in [-0.2, -0.15) is 0 Å². The van der Waals surface area contributed by atoms with Crippen LogP contribution in [0.1, 0.15) is 15.9 Å². The van der Waals surface area contributed by atoms with Crippen molar-refractivity contribution < 1.29 is 9.90 Å². The summed E-state index contributed by atoms with van der Waals surface area (Å²) in [6.07, 6.45) is 1.40. The van der Waals surface area contributed by atoms with Crippen molar-refractivity contribution in [3.63, 3.8) is 0 Å². The van der Waals surface area contributed by atoms with Gasteiger partial charge in [-0.25, -0.2) is 9.78 Å². The van der Waals surface area contributed by atoms with Crippen molar-refractivity contribution in [1.29, 1.82) is 0 Å². The molecule has 0 aliphatic rings. The lowest BCUT2D eigenvalue weighted by Gasteiger charge is -2.07. The van der Waals surface area contributed by atoms with E-state index in [0.717, 1.165) is 5.56 Å². The van der Waals surface area contributed by atoms with E-state index in [4.69, 9.17) is 16.7 Å². The van der Waals surface area contributed by atoms with Gasteiger partial charge in [0.05, 0.1) is 10.5 Å². The Balaban J connectivity index is 2.21. The number of carbonyl (C=O) groups is 1. The van der Waals surface area contributed by atoms with E-state index >= 15 is 0 Å². The van der Waals surface area contributed by atoms with E-state index in [1.807, 2.05) is 30.3 Å². The van der Waals surface area contributed by atoms with Crippen LogP contribution in [0.15, 0.2) is 47.5 Å². The summed E-state index contributed by atoms with van der Waals surface area (Å²) in [5.74, 6) is -0.332. The summed E-state index contributed by atoms with van der Waals surface area (Å²) >= 11 is 7.32. The first kappa shape index (κ1) is 12.9. The van der Waals surface area contributed by atoms with Crippen LogP contribution in [0.2, 0.25) is 5.15 Å². The van der Waals surface area contributed by atoms with E-state index < -0.39 is 5.97 Å². The van der Waals surface area contributed by atoms with Crippen LogP contribution in [-0.4, -0.2) is 16.1 Å². The third-order valence-electron chi connectivity index (χ3n) is 2.32. The highest BCUT2D eigenvalue weighted by atomic mass is 35.5. The minimum atomic E-state index is -0.991. The third-order valence-corrected chi connectivity index (χ3v) is 3.90. The minimum absolute atomic E-state index is 0.191. The number of hydrogen-bond donors (Lipinski definition) is 1. The zero-order valence-electron chi connectivity index (χ0n) is 9.34. The fraction of sp³-hybridized carbons (Fsp3) is 0.0769.